The molecule has 2 rings (SSSR count). The summed E-state index contributed by atoms with van der Waals surface area (Å²) in [5, 5.41) is 8.94. The summed E-state index contributed by atoms with van der Waals surface area (Å²) < 4.78 is 5.16. The molecule has 1 saturated heterocycles. The second kappa shape index (κ2) is 6.93. The number of carbonyl (C=O) groups is 3. The molecule has 1 aromatic rings. The van der Waals surface area contributed by atoms with E-state index in [1.807, 2.05) is 30.3 Å². The lowest BCUT2D eigenvalue weighted by Gasteiger charge is -2.35. The molecule has 22 heavy (non-hydrogen) atoms. The molecule has 0 bridgehead atoms. The minimum Gasteiger partial charge on any atom is -0.480 e. The number of ether oxygens (including phenoxy) is 1. The number of nitrogens with zero attached hydrogens (tertiary/aromatic N) is 2. The van der Waals surface area contributed by atoms with Crippen molar-refractivity contribution < 1.29 is 24.2 Å². The number of carboxylic acid groups (broad SMARTS) is 1. The van der Waals surface area contributed by atoms with Gasteiger partial charge in [0.15, 0.2) is 0 Å². The molecule has 1 aromatic carbocycles. The van der Waals surface area contributed by atoms with Crippen molar-refractivity contribution in [3.05, 3.63) is 35.9 Å². The lowest BCUT2D eigenvalue weighted by Crippen LogP contribution is -2.56. The van der Waals surface area contributed by atoms with Crippen LogP contribution in [-0.4, -0.2) is 58.6 Å². The van der Waals surface area contributed by atoms with Crippen LogP contribution in [0.5, 0.6) is 0 Å². The lowest BCUT2D eigenvalue weighted by molar-refractivity contribution is -0.151. The molecule has 1 atom stereocenters. The van der Waals surface area contributed by atoms with Crippen LogP contribution >= 0.6 is 0 Å². The normalized spacial score (nSPS) is 16.3. The predicted octanol–water partition coefficient (Wildman–Crippen LogP) is 0.940. The van der Waals surface area contributed by atoms with Gasteiger partial charge in [-0.25, -0.2) is 9.59 Å². The van der Waals surface area contributed by atoms with Crippen LogP contribution < -0.4 is 0 Å². The van der Waals surface area contributed by atoms with Crippen LogP contribution in [0.1, 0.15) is 12.5 Å². The number of piperazine rings is 1. The highest BCUT2D eigenvalue weighted by atomic mass is 16.6. The summed E-state index contributed by atoms with van der Waals surface area (Å²) in [6.45, 7) is 1.87. The molecule has 118 valence electrons. The Bertz CT molecular complexity index is 560. The molecule has 1 heterocycles. The second-order valence-electron chi connectivity index (χ2n) is 5.06. The molecule has 7 heteroatoms. The SMILES string of the molecule is CC(C(=O)O)N1CCN(C(=O)OCc2ccccc2)CC1=O. The highest BCUT2D eigenvalue weighted by Gasteiger charge is 2.33. The summed E-state index contributed by atoms with van der Waals surface area (Å²) in [5.74, 6) is -1.45. The van der Waals surface area contributed by atoms with Crippen molar-refractivity contribution in [2.45, 2.75) is 19.6 Å². The van der Waals surface area contributed by atoms with Crippen LogP contribution in [0.2, 0.25) is 0 Å². The van der Waals surface area contributed by atoms with Gasteiger partial charge in [-0.1, -0.05) is 30.3 Å². The largest absolute Gasteiger partial charge is 0.480 e. The molecule has 0 aromatic heterocycles. The van der Waals surface area contributed by atoms with Gasteiger partial charge in [0.1, 0.15) is 19.2 Å². The van der Waals surface area contributed by atoms with E-state index in [4.69, 9.17) is 9.84 Å². The van der Waals surface area contributed by atoms with Crippen molar-refractivity contribution >= 4 is 18.0 Å². The summed E-state index contributed by atoms with van der Waals surface area (Å²) in [4.78, 5) is 37.3. The van der Waals surface area contributed by atoms with E-state index in [9.17, 15) is 14.4 Å². The molecule has 7 nitrogen and oxygen atoms in total. The van der Waals surface area contributed by atoms with Crippen LogP contribution in [-0.2, 0) is 20.9 Å². The molecular weight excluding hydrogens is 288 g/mol. The van der Waals surface area contributed by atoms with Gasteiger partial charge >= 0.3 is 12.1 Å². The van der Waals surface area contributed by atoms with E-state index in [0.717, 1.165) is 5.56 Å². The average Bonchev–Trinajstić information content (AvgIpc) is 2.52. The molecular formula is C15H18N2O5. The average molecular weight is 306 g/mol. The van der Waals surface area contributed by atoms with Crippen LogP contribution in [0.15, 0.2) is 30.3 Å². The zero-order chi connectivity index (χ0) is 16.1. The Balaban J connectivity index is 1.86. The molecule has 0 radical (unpaired) electrons. The first kappa shape index (κ1) is 15.8. The zero-order valence-electron chi connectivity index (χ0n) is 12.3. The molecule has 1 aliphatic heterocycles. The van der Waals surface area contributed by atoms with Gasteiger partial charge in [-0.15, -0.1) is 0 Å². The second-order valence-corrected chi connectivity index (χ2v) is 5.06. The maximum Gasteiger partial charge on any atom is 0.410 e. The van der Waals surface area contributed by atoms with Gasteiger partial charge < -0.3 is 14.7 Å². The standard InChI is InChI=1S/C15H18N2O5/c1-11(14(19)20)17-8-7-16(9-13(17)18)15(21)22-10-12-5-3-2-4-6-12/h2-6,11H,7-10H2,1H3,(H,19,20). The van der Waals surface area contributed by atoms with Gasteiger partial charge in [0, 0.05) is 13.1 Å². The van der Waals surface area contributed by atoms with Gasteiger partial charge in [0.05, 0.1) is 0 Å². The Morgan fingerprint density at radius 1 is 1.27 bits per heavy atom. The number of carboxylic acids is 1. The predicted molar refractivity (Wildman–Crippen MR) is 77.0 cm³/mol. The molecule has 1 N–H and O–H groups in total. The number of rotatable bonds is 4. The first-order valence-corrected chi connectivity index (χ1v) is 6.97. The van der Waals surface area contributed by atoms with E-state index < -0.39 is 24.0 Å². The maximum atomic E-state index is 11.9. The van der Waals surface area contributed by atoms with Gasteiger partial charge in [-0.05, 0) is 12.5 Å². The minimum atomic E-state index is -1.06. The minimum absolute atomic E-state index is 0.138. The van der Waals surface area contributed by atoms with Crippen molar-refractivity contribution in [3.8, 4) is 0 Å². The summed E-state index contributed by atoms with van der Waals surface area (Å²) in [7, 11) is 0. The summed E-state index contributed by atoms with van der Waals surface area (Å²) in [5.41, 5.74) is 0.861. The van der Waals surface area contributed by atoms with E-state index in [-0.39, 0.29) is 26.2 Å². The number of hydrogen-bond acceptors (Lipinski definition) is 4. The van der Waals surface area contributed by atoms with Crippen molar-refractivity contribution in [1.82, 2.24) is 9.80 Å². The molecule has 0 spiro atoms. The third kappa shape index (κ3) is 3.75. The number of aliphatic carboxylic acids is 1. The summed E-state index contributed by atoms with van der Waals surface area (Å²) >= 11 is 0. The third-order valence-corrected chi connectivity index (χ3v) is 3.55. The van der Waals surface area contributed by atoms with Gasteiger partial charge in [-0.3, -0.25) is 9.69 Å². The first-order chi connectivity index (χ1) is 10.5. The number of hydrogen-bond donors (Lipinski definition) is 1. The number of carbonyl (C=O) groups excluding carboxylic acids is 2. The summed E-state index contributed by atoms with van der Waals surface area (Å²) in [6.07, 6.45) is -0.570. The van der Waals surface area contributed by atoms with Gasteiger partial charge in [0.25, 0.3) is 0 Å². The molecule has 1 unspecified atom stereocenters. The monoisotopic (exact) mass is 306 g/mol. The lowest BCUT2D eigenvalue weighted by atomic mass is 10.2. The van der Waals surface area contributed by atoms with E-state index in [0.29, 0.717) is 0 Å². The maximum absolute atomic E-state index is 11.9. The molecule has 2 amide bonds. The third-order valence-electron chi connectivity index (χ3n) is 3.55. The smallest absolute Gasteiger partial charge is 0.410 e. The quantitative estimate of drug-likeness (QED) is 0.894. The number of benzene rings is 1. The highest BCUT2D eigenvalue weighted by molar-refractivity contribution is 5.87. The fourth-order valence-corrected chi connectivity index (χ4v) is 2.20. The van der Waals surface area contributed by atoms with E-state index in [1.165, 1.54) is 16.7 Å². The van der Waals surface area contributed by atoms with Crippen LogP contribution in [0.4, 0.5) is 4.79 Å². The Morgan fingerprint density at radius 3 is 2.55 bits per heavy atom. The van der Waals surface area contributed by atoms with Crippen molar-refractivity contribution in [3.63, 3.8) is 0 Å². The van der Waals surface area contributed by atoms with Gasteiger partial charge in [-0.2, -0.15) is 0 Å². The molecule has 0 aliphatic carbocycles. The zero-order valence-corrected chi connectivity index (χ0v) is 12.3. The molecule has 1 aliphatic rings. The first-order valence-electron chi connectivity index (χ1n) is 6.97. The van der Waals surface area contributed by atoms with Crippen molar-refractivity contribution in [1.29, 1.82) is 0 Å². The van der Waals surface area contributed by atoms with Crippen LogP contribution in [0.3, 0.4) is 0 Å². The Hall–Kier alpha value is -2.57. The van der Waals surface area contributed by atoms with E-state index >= 15 is 0 Å². The fourth-order valence-electron chi connectivity index (χ4n) is 2.20. The van der Waals surface area contributed by atoms with Gasteiger partial charge in [0.2, 0.25) is 5.91 Å². The highest BCUT2D eigenvalue weighted by Crippen LogP contribution is 2.10. The van der Waals surface area contributed by atoms with Crippen LogP contribution in [0, 0.1) is 0 Å². The Kier molecular flexibility index (Phi) is 4.98. The Labute approximate surface area is 128 Å². The topological polar surface area (TPSA) is 87.2 Å². The van der Waals surface area contributed by atoms with E-state index in [1.54, 1.807) is 0 Å². The molecule has 0 saturated carbocycles. The van der Waals surface area contributed by atoms with Crippen LogP contribution in [0.25, 0.3) is 0 Å². The van der Waals surface area contributed by atoms with Crippen molar-refractivity contribution in [2.75, 3.05) is 19.6 Å². The number of amides is 2. The fraction of sp³-hybridized carbons (Fsp3) is 0.400. The molecule has 1 fully saturated rings. The van der Waals surface area contributed by atoms with Crippen molar-refractivity contribution in [2.24, 2.45) is 0 Å². The van der Waals surface area contributed by atoms with E-state index in [2.05, 4.69) is 0 Å². The Morgan fingerprint density at radius 2 is 1.95 bits per heavy atom. The summed E-state index contributed by atoms with van der Waals surface area (Å²) in [6, 6.07) is 8.34.